The van der Waals surface area contributed by atoms with E-state index in [4.69, 9.17) is 0 Å². The van der Waals surface area contributed by atoms with E-state index in [9.17, 15) is 4.79 Å². The van der Waals surface area contributed by atoms with E-state index < -0.39 is 0 Å². The third-order valence-electron chi connectivity index (χ3n) is 5.90. The number of nitrogens with zero attached hydrogens (tertiary/aromatic N) is 2. The lowest BCUT2D eigenvalue weighted by atomic mass is 9.75. The fraction of sp³-hybridized carbons (Fsp3) is 0.636. The molecule has 1 amide bonds. The SMILES string of the molecule is CN=C(NCc1cccc(CN2CCCC2=O)c1)NC1CCC(C)(C)CC1. The molecule has 0 spiro atoms. The van der Waals surface area contributed by atoms with Crippen LogP contribution in [0.3, 0.4) is 0 Å². The van der Waals surface area contributed by atoms with Crippen molar-refractivity contribution < 1.29 is 4.79 Å². The third kappa shape index (κ3) is 5.72. The Morgan fingerprint density at radius 2 is 2.00 bits per heavy atom. The first-order valence-electron chi connectivity index (χ1n) is 10.3. The Hall–Kier alpha value is -2.04. The van der Waals surface area contributed by atoms with E-state index in [1.807, 2.05) is 11.9 Å². The van der Waals surface area contributed by atoms with Crippen molar-refractivity contribution in [3.63, 3.8) is 0 Å². The van der Waals surface area contributed by atoms with Gasteiger partial charge in [-0.2, -0.15) is 0 Å². The van der Waals surface area contributed by atoms with Crippen LogP contribution in [0.15, 0.2) is 29.3 Å². The van der Waals surface area contributed by atoms with Gasteiger partial charge in [-0.15, -0.1) is 0 Å². The van der Waals surface area contributed by atoms with Crippen LogP contribution in [0.4, 0.5) is 0 Å². The van der Waals surface area contributed by atoms with Crippen LogP contribution in [0.25, 0.3) is 0 Å². The second-order valence-corrected chi connectivity index (χ2v) is 8.75. The molecule has 0 atom stereocenters. The molecule has 2 fully saturated rings. The highest BCUT2D eigenvalue weighted by Crippen LogP contribution is 2.34. The van der Waals surface area contributed by atoms with Gasteiger partial charge in [0.15, 0.2) is 5.96 Å². The van der Waals surface area contributed by atoms with Crippen molar-refractivity contribution in [3.05, 3.63) is 35.4 Å². The minimum atomic E-state index is 0.277. The molecule has 0 aromatic heterocycles. The van der Waals surface area contributed by atoms with Crippen LogP contribution in [0.1, 0.15) is 63.5 Å². The van der Waals surface area contributed by atoms with Crippen molar-refractivity contribution in [1.29, 1.82) is 0 Å². The van der Waals surface area contributed by atoms with Gasteiger partial charge < -0.3 is 15.5 Å². The maximum absolute atomic E-state index is 11.8. The summed E-state index contributed by atoms with van der Waals surface area (Å²) in [6, 6.07) is 9.00. The topological polar surface area (TPSA) is 56.7 Å². The minimum Gasteiger partial charge on any atom is -0.354 e. The molecule has 5 nitrogen and oxygen atoms in total. The quantitative estimate of drug-likeness (QED) is 0.617. The number of aliphatic imine (C=N–C) groups is 1. The lowest BCUT2D eigenvalue weighted by Crippen LogP contribution is -2.45. The summed E-state index contributed by atoms with van der Waals surface area (Å²) in [6.45, 7) is 7.06. The van der Waals surface area contributed by atoms with E-state index in [2.05, 4.69) is 53.7 Å². The average molecular weight is 371 g/mol. The first-order chi connectivity index (χ1) is 12.9. The number of benzene rings is 1. The van der Waals surface area contributed by atoms with E-state index >= 15 is 0 Å². The molecule has 0 bridgehead atoms. The smallest absolute Gasteiger partial charge is 0.222 e. The summed E-state index contributed by atoms with van der Waals surface area (Å²) in [5.41, 5.74) is 2.89. The largest absolute Gasteiger partial charge is 0.354 e. The van der Waals surface area contributed by atoms with Crippen LogP contribution < -0.4 is 10.6 Å². The number of hydrogen-bond donors (Lipinski definition) is 2. The maximum atomic E-state index is 11.8. The van der Waals surface area contributed by atoms with Gasteiger partial charge in [0.2, 0.25) is 5.91 Å². The Morgan fingerprint density at radius 1 is 1.26 bits per heavy atom. The van der Waals surface area contributed by atoms with Gasteiger partial charge in [-0.05, 0) is 48.6 Å². The first kappa shape index (κ1) is 19.7. The maximum Gasteiger partial charge on any atom is 0.222 e. The summed E-state index contributed by atoms with van der Waals surface area (Å²) in [7, 11) is 1.83. The van der Waals surface area contributed by atoms with Crippen molar-refractivity contribution in [2.24, 2.45) is 10.4 Å². The van der Waals surface area contributed by atoms with Gasteiger partial charge >= 0.3 is 0 Å². The molecule has 1 saturated heterocycles. The molecule has 1 saturated carbocycles. The number of amides is 1. The van der Waals surface area contributed by atoms with Gasteiger partial charge in [-0.25, -0.2) is 0 Å². The Labute approximate surface area is 163 Å². The van der Waals surface area contributed by atoms with Crippen molar-refractivity contribution in [3.8, 4) is 0 Å². The second-order valence-electron chi connectivity index (χ2n) is 8.75. The predicted octanol–water partition coefficient (Wildman–Crippen LogP) is 3.44. The number of carbonyl (C=O) groups excluding carboxylic acids is 1. The molecule has 27 heavy (non-hydrogen) atoms. The zero-order chi connectivity index (χ0) is 19.3. The molecule has 1 heterocycles. The molecular formula is C22H34N4O. The summed E-state index contributed by atoms with van der Waals surface area (Å²) >= 11 is 0. The zero-order valence-electron chi connectivity index (χ0n) is 17.1. The summed E-state index contributed by atoms with van der Waals surface area (Å²) in [4.78, 5) is 18.2. The molecule has 1 aromatic carbocycles. The number of guanidine groups is 1. The van der Waals surface area contributed by atoms with Gasteiger partial charge in [0.1, 0.15) is 0 Å². The van der Waals surface area contributed by atoms with Crippen molar-refractivity contribution in [2.75, 3.05) is 13.6 Å². The van der Waals surface area contributed by atoms with Crippen LogP contribution in [0.2, 0.25) is 0 Å². The zero-order valence-corrected chi connectivity index (χ0v) is 17.1. The Bertz CT molecular complexity index is 673. The van der Waals surface area contributed by atoms with Crippen LogP contribution in [0.5, 0.6) is 0 Å². The fourth-order valence-corrected chi connectivity index (χ4v) is 4.05. The number of hydrogen-bond acceptors (Lipinski definition) is 2. The van der Waals surface area contributed by atoms with E-state index in [-0.39, 0.29) is 5.91 Å². The summed E-state index contributed by atoms with van der Waals surface area (Å²) in [5.74, 6) is 1.15. The Kier molecular flexibility index (Phi) is 6.40. The average Bonchev–Trinajstić information content (AvgIpc) is 3.05. The van der Waals surface area contributed by atoms with Crippen molar-refractivity contribution >= 4 is 11.9 Å². The van der Waals surface area contributed by atoms with Gasteiger partial charge in [0.05, 0.1) is 0 Å². The molecule has 1 aliphatic heterocycles. The number of likely N-dealkylation sites (tertiary alicyclic amines) is 1. The van der Waals surface area contributed by atoms with Gasteiger partial charge in [-0.3, -0.25) is 9.79 Å². The van der Waals surface area contributed by atoms with Crippen LogP contribution in [-0.2, 0) is 17.9 Å². The Morgan fingerprint density at radius 3 is 2.67 bits per heavy atom. The normalized spacial score (nSPS) is 20.8. The highest BCUT2D eigenvalue weighted by molar-refractivity contribution is 5.80. The van der Waals surface area contributed by atoms with Gasteiger partial charge in [0, 0.05) is 39.1 Å². The molecule has 0 unspecified atom stereocenters. The first-order valence-corrected chi connectivity index (χ1v) is 10.3. The summed E-state index contributed by atoms with van der Waals surface area (Å²) < 4.78 is 0. The van der Waals surface area contributed by atoms with Crippen LogP contribution in [-0.4, -0.2) is 36.4 Å². The van der Waals surface area contributed by atoms with Crippen molar-refractivity contribution in [2.45, 2.75) is 71.5 Å². The molecule has 1 aromatic rings. The van der Waals surface area contributed by atoms with E-state index in [0.29, 0.717) is 17.9 Å². The van der Waals surface area contributed by atoms with Gasteiger partial charge in [-0.1, -0.05) is 38.1 Å². The molecule has 3 rings (SSSR count). The standard InChI is InChI=1S/C22H34N4O/c1-22(2)11-9-19(10-12-22)25-21(23-3)24-15-17-6-4-7-18(14-17)16-26-13-5-8-20(26)27/h4,6-7,14,19H,5,8-13,15-16H2,1-3H3,(H2,23,24,25). The fourth-order valence-electron chi connectivity index (χ4n) is 4.05. The predicted molar refractivity (Wildman–Crippen MR) is 110 cm³/mol. The molecular weight excluding hydrogens is 336 g/mol. The second kappa shape index (κ2) is 8.77. The summed E-state index contributed by atoms with van der Waals surface area (Å²) in [5, 5.41) is 7.02. The summed E-state index contributed by atoms with van der Waals surface area (Å²) in [6.07, 6.45) is 6.61. The third-order valence-corrected chi connectivity index (χ3v) is 5.90. The lowest BCUT2D eigenvalue weighted by molar-refractivity contribution is -0.128. The van der Waals surface area contributed by atoms with E-state index in [0.717, 1.165) is 32.0 Å². The Balaban J connectivity index is 1.49. The monoisotopic (exact) mass is 370 g/mol. The van der Waals surface area contributed by atoms with Crippen LogP contribution in [0, 0.1) is 5.41 Å². The lowest BCUT2D eigenvalue weighted by Gasteiger charge is -2.35. The van der Waals surface area contributed by atoms with E-state index in [1.165, 1.54) is 36.8 Å². The molecule has 0 radical (unpaired) electrons. The van der Waals surface area contributed by atoms with Gasteiger partial charge in [0.25, 0.3) is 0 Å². The highest BCUT2D eigenvalue weighted by atomic mass is 16.2. The number of nitrogens with one attached hydrogen (secondary N) is 2. The van der Waals surface area contributed by atoms with E-state index in [1.54, 1.807) is 0 Å². The molecule has 2 aliphatic rings. The number of carbonyl (C=O) groups is 1. The highest BCUT2D eigenvalue weighted by Gasteiger charge is 2.27. The molecule has 2 N–H and O–H groups in total. The molecule has 1 aliphatic carbocycles. The van der Waals surface area contributed by atoms with Crippen LogP contribution >= 0.6 is 0 Å². The minimum absolute atomic E-state index is 0.277. The molecule has 5 heteroatoms. The van der Waals surface area contributed by atoms with Crippen molar-refractivity contribution in [1.82, 2.24) is 15.5 Å². The molecule has 148 valence electrons. The number of rotatable bonds is 5.